The monoisotopic (exact) mass is 192 g/mol. The fourth-order valence-corrected chi connectivity index (χ4v) is 2.38. The summed E-state index contributed by atoms with van der Waals surface area (Å²) in [7, 11) is 0. The fraction of sp³-hybridized carbons (Fsp3) is 0.667. The Bertz CT molecular complexity index is 276. The molecule has 0 aromatic rings. The molecule has 0 saturated carbocycles. The van der Waals surface area contributed by atoms with Gasteiger partial charge in [0, 0.05) is 37.4 Å². The van der Waals surface area contributed by atoms with Crippen LogP contribution in [0.25, 0.3) is 0 Å². The molecule has 0 aromatic heterocycles. The average molecular weight is 192 g/mol. The van der Waals surface area contributed by atoms with E-state index in [2.05, 4.69) is 30.1 Å². The van der Waals surface area contributed by atoms with Crippen molar-refractivity contribution < 1.29 is 0 Å². The van der Waals surface area contributed by atoms with Crippen molar-refractivity contribution in [3.63, 3.8) is 0 Å². The Morgan fingerprint density at radius 2 is 2.07 bits per heavy atom. The van der Waals surface area contributed by atoms with Gasteiger partial charge in [-0.25, -0.2) is 0 Å². The third-order valence-electron chi connectivity index (χ3n) is 3.25. The van der Waals surface area contributed by atoms with Gasteiger partial charge >= 0.3 is 0 Å². The number of fused-ring (bicyclic) bond motifs is 1. The Morgan fingerprint density at radius 1 is 1.21 bits per heavy atom. The first-order valence-electron chi connectivity index (χ1n) is 5.62. The van der Waals surface area contributed by atoms with Gasteiger partial charge in [-0.2, -0.15) is 0 Å². The molecule has 0 amide bonds. The minimum atomic E-state index is 1.11. The topological polar surface area (TPSA) is 15.3 Å². The standard InChI is InChI=1S/C12H20N2/c1-10-4-3-5-11(2)14-9-8-13-7-6-12(10)14/h5,13H,3-4,6-9H2,1-2H3. The largest absolute Gasteiger partial charge is 0.348 e. The van der Waals surface area contributed by atoms with Crippen LogP contribution in [0.2, 0.25) is 0 Å². The predicted molar refractivity (Wildman–Crippen MR) is 59.9 cm³/mol. The molecule has 2 heteroatoms. The summed E-state index contributed by atoms with van der Waals surface area (Å²) in [5, 5.41) is 3.46. The van der Waals surface area contributed by atoms with Gasteiger partial charge in [0.1, 0.15) is 0 Å². The highest BCUT2D eigenvalue weighted by Gasteiger charge is 2.18. The summed E-state index contributed by atoms with van der Waals surface area (Å²) in [5.74, 6) is 0. The van der Waals surface area contributed by atoms with E-state index in [1.807, 2.05) is 0 Å². The van der Waals surface area contributed by atoms with Gasteiger partial charge in [-0.1, -0.05) is 11.6 Å². The van der Waals surface area contributed by atoms with Crippen molar-refractivity contribution in [2.75, 3.05) is 19.6 Å². The summed E-state index contributed by atoms with van der Waals surface area (Å²) < 4.78 is 0. The van der Waals surface area contributed by atoms with Crippen LogP contribution in [0, 0.1) is 0 Å². The Hall–Kier alpha value is -0.760. The molecular weight excluding hydrogens is 172 g/mol. The molecule has 0 unspecified atom stereocenters. The molecule has 1 N–H and O–H groups in total. The van der Waals surface area contributed by atoms with Gasteiger partial charge in [-0.3, -0.25) is 0 Å². The van der Waals surface area contributed by atoms with E-state index in [4.69, 9.17) is 0 Å². The van der Waals surface area contributed by atoms with Crippen LogP contribution in [0.1, 0.15) is 33.1 Å². The maximum atomic E-state index is 3.46. The van der Waals surface area contributed by atoms with Crippen LogP contribution in [0.4, 0.5) is 0 Å². The van der Waals surface area contributed by atoms with Crippen molar-refractivity contribution in [3.05, 3.63) is 23.0 Å². The first kappa shape index (κ1) is 9.78. The van der Waals surface area contributed by atoms with E-state index < -0.39 is 0 Å². The van der Waals surface area contributed by atoms with Crippen molar-refractivity contribution in [3.8, 4) is 0 Å². The summed E-state index contributed by atoms with van der Waals surface area (Å²) in [5.41, 5.74) is 4.60. The molecule has 2 rings (SSSR count). The molecule has 0 bridgehead atoms. The minimum Gasteiger partial charge on any atom is -0.348 e. The molecule has 1 saturated heterocycles. The van der Waals surface area contributed by atoms with E-state index in [0.29, 0.717) is 0 Å². The first-order chi connectivity index (χ1) is 6.79. The molecule has 1 fully saturated rings. The van der Waals surface area contributed by atoms with Crippen molar-refractivity contribution in [2.24, 2.45) is 0 Å². The van der Waals surface area contributed by atoms with Gasteiger partial charge < -0.3 is 10.2 Å². The third kappa shape index (κ3) is 1.85. The van der Waals surface area contributed by atoms with Crippen LogP contribution in [-0.2, 0) is 0 Å². The van der Waals surface area contributed by atoms with Crippen LogP contribution in [0.3, 0.4) is 0 Å². The van der Waals surface area contributed by atoms with Gasteiger partial charge in [0.2, 0.25) is 0 Å². The van der Waals surface area contributed by atoms with Gasteiger partial charge in [0.05, 0.1) is 0 Å². The zero-order chi connectivity index (χ0) is 9.97. The van der Waals surface area contributed by atoms with Crippen molar-refractivity contribution in [1.82, 2.24) is 10.2 Å². The summed E-state index contributed by atoms with van der Waals surface area (Å²) in [6.07, 6.45) is 6.02. The first-order valence-corrected chi connectivity index (χ1v) is 5.62. The molecule has 0 radical (unpaired) electrons. The van der Waals surface area contributed by atoms with Crippen LogP contribution in [0.5, 0.6) is 0 Å². The number of nitrogens with one attached hydrogen (secondary N) is 1. The van der Waals surface area contributed by atoms with Crippen LogP contribution in [0.15, 0.2) is 23.0 Å². The lowest BCUT2D eigenvalue weighted by molar-refractivity contribution is 0.433. The van der Waals surface area contributed by atoms with Crippen molar-refractivity contribution >= 4 is 0 Å². The van der Waals surface area contributed by atoms with E-state index in [9.17, 15) is 0 Å². The van der Waals surface area contributed by atoms with Crippen LogP contribution < -0.4 is 5.32 Å². The fourth-order valence-electron chi connectivity index (χ4n) is 2.38. The number of allylic oxidation sites excluding steroid dienone is 3. The van der Waals surface area contributed by atoms with E-state index >= 15 is 0 Å². The van der Waals surface area contributed by atoms with E-state index in [-0.39, 0.29) is 0 Å². The highest BCUT2D eigenvalue weighted by atomic mass is 15.2. The quantitative estimate of drug-likeness (QED) is 0.633. The highest BCUT2D eigenvalue weighted by Crippen LogP contribution is 2.26. The van der Waals surface area contributed by atoms with Crippen molar-refractivity contribution in [2.45, 2.75) is 33.1 Å². The second-order valence-corrected chi connectivity index (χ2v) is 4.26. The lowest BCUT2D eigenvalue weighted by atomic mass is 10.1. The molecule has 78 valence electrons. The summed E-state index contributed by atoms with van der Waals surface area (Å²) in [6, 6.07) is 0. The molecular formula is C12H20N2. The van der Waals surface area contributed by atoms with E-state index in [0.717, 1.165) is 19.6 Å². The zero-order valence-electron chi connectivity index (χ0n) is 9.27. The molecule has 2 heterocycles. The Morgan fingerprint density at radius 3 is 2.93 bits per heavy atom. The Labute approximate surface area is 86.7 Å². The van der Waals surface area contributed by atoms with Crippen LogP contribution >= 0.6 is 0 Å². The number of hydrogen-bond donors (Lipinski definition) is 1. The zero-order valence-corrected chi connectivity index (χ0v) is 9.27. The Kier molecular flexibility index (Phi) is 2.92. The van der Waals surface area contributed by atoms with E-state index in [1.165, 1.54) is 25.0 Å². The summed E-state index contributed by atoms with van der Waals surface area (Å²) in [4.78, 5) is 2.50. The molecule has 0 spiro atoms. The number of nitrogens with zero attached hydrogens (tertiary/aromatic N) is 1. The molecule has 14 heavy (non-hydrogen) atoms. The lowest BCUT2D eigenvalue weighted by Gasteiger charge is -2.26. The highest BCUT2D eigenvalue weighted by molar-refractivity contribution is 5.22. The average Bonchev–Trinajstić information content (AvgIpc) is 2.46. The second kappa shape index (κ2) is 4.18. The second-order valence-electron chi connectivity index (χ2n) is 4.26. The molecule has 2 aliphatic heterocycles. The Balaban J connectivity index is 2.31. The summed E-state index contributed by atoms with van der Waals surface area (Å²) in [6.45, 7) is 7.91. The summed E-state index contributed by atoms with van der Waals surface area (Å²) >= 11 is 0. The molecule has 2 aliphatic rings. The maximum absolute atomic E-state index is 3.46. The van der Waals surface area contributed by atoms with E-state index in [1.54, 1.807) is 11.3 Å². The SMILES string of the molecule is CC1=CCCC(C)=C2CCNCCN12. The maximum Gasteiger partial charge on any atom is 0.0349 e. The smallest absolute Gasteiger partial charge is 0.0349 e. The number of hydrogen-bond acceptors (Lipinski definition) is 2. The van der Waals surface area contributed by atoms with Crippen molar-refractivity contribution in [1.29, 1.82) is 0 Å². The third-order valence-corrected chi connectivity index (χ3v) is 3.25. The normalized spacial score (nSPS) is 23.9. The predicted octanol–water partition coefficient (Wildman–Crippen LogP) is 2.25. The molecule has 0 aliphatic carbocycles. The molecule has 2 nitrogen and oxygen atoms in total. The van der Waals surface area contributed by atoms with Gasteiger partial charge in [0.25, 0.3) is 0 Å². The number of rotatable bonds is 0. The van der Waals surface area contributed by atoms with Gasteiger partial charge in [-0.05, 0) is 26.7 Å². The lowest BCUT2D eigenvalue weighted by Crippen LogP contribution is -2.25. The van der Waals surface area contributed by atoms with Gasteiger partial charge in [-0.15, -0.1) is 0 Å². The minimum absolute atomic E-state index is 1.11. The molecule has 0 atom stereocenters. The molecule has 0 aromatic carbocycles. The van der Waals surface area contributed by atoms with Crippen LogP contribution in [-0.4, -0.2) is 24.5 Å². The van der Waals surface area contributed by atoms with Gasteiger partial charge in [0.15, 0.2) is 0 Å².